The molecule has 6 heteroatoms. The summed E-state index contributed by atoms with van der Waals surface area (Å²) in [7, 11) is 0. The third-order valence-electron chi connectivity index (χ3n) is 4.64. The van der Waals surface area contributed by atoms with E-state index in [0.29, 0.717) is 19.5 Å². The van der Waals surface area contributed by atoms with Crippen molar-refractivity contribution in [1.82, 2.24) is 14.9 Å². The van der Waals surface area contributed by atoms with Gasteiger partial charge in [-0.1, -0.05) is 25.5 Å². The molecule has 1 atom stereocenters. The zero-order chi connectivity index (χ0) is 18.5. The number of aromatic nitrogens is 2. The average Bonchev–Trinajstić information content (AvgIpc) is 2.96. The van der Waals surface area contributed by atoms with Gasteiger partial charge in [0.2, 0.25) is 5.91 Å². The molecular formula is C20H25FN4O. The van der Waals surface area contributed by atoms with Crippen LogP contribution in [0.1, 0.15) is 36.7 Å². The molecule has 26 heavy (non-hydrogen) atoms. The Labute approximate surface area is 153 Å². The molecule has 1 aliphatic heterocycles. The SMILES string of the molecule is CCCc1cnc(C)nc1NC1CC(=O)N(CCc2ccc(F)cc2)C1. The van der Waals surface area contributed by atoms with E-state index in [-0.39, 0.29) is 17.8 Å². The van der Waals surface area contributed by atoms with E-state index in [1.165, 1.54) is 12.1 Å². The number of carbonyl (C=O) groups excluding carboxylic acids is 1. The van der Waals surface area contributed by atoms with Crippen molar-refractivity contribution >= 4 is 11.7 Å². The summed E-state index contributed by atoms with van der Waals surface area (Å²) in [6.07, 6.45) is 5.01. The van der Waals surface area contributed by atoms with Crippen LogP contribution in [0, 0.1) is 12.7 Å². The lowest BCUT2D eigenvalue weighted by Crippen LogP contribution is -2.30. The first-order valence-corrected chi connectivity index (χ1v) is 9.16. The van der Waals surface area contributed by atoms with Gasteiger partial charge in [-0.15, -0.1) is 0 Å². The molecule has 1 aromatic carbocycles. The number of amides is 1. The maximum absolute atomic E-state index is 13.0. The molecule has 5 nitrogen and oxygen atoms in total. The van der Waals surface area contributed by atoms with Crippen LogP contribution in [0.25, 0.3) is 0 Å². The molecule has 2 heterocycles. The molecule has 3 rings (SSSR count). The van der Waals surface area contributed by atoms with Crippen LogP contribution < -0.4 is 5.32 Å². The monoisotopic (exact) mass is 356 g/mol. The molecule has 1 unspecified atom stereocenters. The quantitative estimate of drug-likeness (QED) is 0.828. The average molecular weight is 356 g/mol. The number of carbonyl (C=O) groups is 1. The number of halogens is 1. The molecular weight excluding hydrogens is 331 g/mol. The highest BCUT2D eigenvalue weighted by Crippen LogP contribution is 2.20. The molecule has 0 spiro atoms. The highest BCUT2D eigenvalue weighted by molar-refractivity contribution is 5.80. The highest BCUT2D eigenvalue weighted by Gasteiger charge is 2.29. The van der Waals surface area contributed by atoms with E-state index in [0.717, 1.165) is 42.0 Å². The fourth-order valence-corrected chi connectivity index (χ4v) is 3.27. The Balaban J connectivity index is 1.59. The van der Waals surface area contributed by atoms with Gasteiger partial charge in [0.05, 0.1) is 6.04 Å². The third-order valence-corrected chi connectivity index (χ3v) is 4.64. The van der Waals surface area contributed by atoms with Gasteiger partial charge in [0.1, 0.15) is 17.5 Å². The predicted molar refractivity (Wildman–Crippen MR) is 99.5 cm³/mol. The summed E-state index contributed by atoms with van der Waals surface area (Å²) in [5, 5.41) is 3.44. The smallest absolute Gasteiger partial charge is 0.224 e. The van der Waals surface area contributed by atoms with Crippen molar-refractivity contribution in [3.05, 3.63) is 53.2 Å². The molecule has 138 valence electrons. The minimum absolute atomic E-state index is 0.0561. The van der Waals surface area contributed by atoms with E-state index in [1.807, 2.05) is 18.0 Å². The van der Waals surface area contributed by atoms with Crippen LogP contribution in [0.5, 0.6) is 0 Å². The number of nitrogens with one attached hydrogen (secondary N) is 1. The summed E-state index contributed by atoms with van der Waals surface area (Å²) in [5.41, 5.74) is 2.13. The number of nitrogens with zero attached hydrogens (tertiary/aromatic N) is 3. The normalized spacial score (nSPS) is 17.0. The van der Waals surface area contributed by atoms with E-state index in [4.69, 9.17) is 0 Å². The summed E-state index contributed by atoms with van der Waals surface area (Å²) in [5.74, 6) is 1.48. The molecule has 1 aromatic heterocycles. The maximum Gasteiger partial charge on any atom is 0.224 e. The first-order valence-electron chi connectivity index (χ1n) is 9.16. The third kappa shape index (κ3) is 4.56. The zero-order valence-corrected chi connectivity index (χ0v) is 15.3. The van der Waals surface area contributed by atoms with Gasteiger partial charge in [-0.25, -0.2) is 14.4 Å². The number of hydrogen-bond donors (Lipinski definition) is 1. The Morgan fingerprint density at radius 2 is 2.04 bits per heavy atom. The van der Waals surface area contributed by atoms with Gasteiger partial charge in [0.15, 0.2) is 0 Å². The van der Waals surface area contributed by atoms with Crippen LogP contribution in [-0.2, 0) is 17.6 Å². The molecule has 1 fully saturated rings. The first-order chi connectivity index (χ1) is 12.5. The predicted octanol–water partition coefficient (Wildman–Crippen LogP) is 3.13. The van der Waals surface area contributed by atoms with Crippen molar-refractivity contribution in [1.29, 1.82) is 0 Å². The number of hydrogen-bond acceptors (Lipinski definition) is 4. The summed E-state index contributed by atoms with van der Waals surface area (Å²) in [6, 6.07) is 6.51. The molecule has 1 saturated heterocycles. The van der Waals surface area contributed by atoms with Gasteiger partial charge < -0.3 is 10.2 Å². The minimum atomic E-state index is -0.238. The summed E-state index contributed by atoms with van der Waals surface area (Å²) in [6.45, 7) is 5.30. The number of rotatable bonds is 7. The Morgan fingerprint density at radius 1 is 1.27 bits per heavy atom. The second kappa shape index (κ2) is 8.25. The summed E-state index contributed by atoms with van der Waals surface area (Å²) < 4.78 is 13.0. The van der Waals surface area contributed by atoms with E-state index in [2.05, 4.69) is 22.2 Å². The fourth-order valence-electron chi connectivity index (χ4n) is 3.27. The van der Waals surface area contributed by atoms with Crippen molar-refractivity contribution in [2.75, 3.05) is 18.4 Å². The van der Waals surface area contributed by atoms with E-state index >= 15 is 0 Å². The van der Waals surface area contributed by atoms with Gasteiger partial charge in [-0.05, 0) is 37.5 Å². The molecule has 1 aliphatic rings. The van der Waals surface area contributed by atoms with Crippen molar-refractivity contribution in [2.24, 2.45) is 0 Å². The number of anilines is 1. The lowest BCUT2D eigenvalue weighted by atomic mass is 10.1. The summed E-state index contributed by atoms with van der Waals surface area (Å²) >= 11 is 0. The van der Waals surface area contributed by atoms with Crippen molar-refractivity contribution in [3.63, 3.8) is 0 Å². The molecule has 2 aromatic rings. The topological polar surface area (TPSA) is 58.1 Å². The summed E-state index contributed by atoms with van der Waals surface area (Å²) in [4.78, 5) is 23.0. The van der Waals surface area contributed by atoms with Crippen molar-refractivity contribution in [3.8, 4) is 0 Å². The van der Waals surface area contributed by atoms with Gasteiger partial charge in [-0.3, -0.25) is 4.79 Å². The van der Waals surface area contributed by atoms with Crippen molar-refractivity contribution in [2.45, 2.75) is 45.6 Å². The van der Waals surface area contributed by atoms with Crippen LogP contribution in [0.2, 0.25) is 0 Å². The Morgan fingerprint density at radius 3 is 2.77 bits per heavy atom. The van der Waals surface area contributed by atoms with Gasteiger partial charge in [0, 0.05) is 31.3 Å². The number of aryl methyl sites for hydroxylation is 2. The van der Waals surface area contributed by atoms with Gasteiger partial charge >= 0.3 is 0 Å². The minimum Gasteiger partial charge on any atom is -0.365 e. The molecule has 0 saturated carbocycles. The Bertz CT molecular complexity index is 763. The zero-order valence-electron chi connectivity index (χ0n) is 15.3. The van der Waals surface area contributed by atoms with Crippen LogP contribution in [-0.4, -0.2) is 39.9 Å². The van der Waals surface area contributed by atoms with E-state index in [1.54, 1.807) is 12.1 Å². The van der Waals surface area contributed by atoms with Gasteiger partial charge in [0.25, 0.3) is 0 Å². The van der Waals surface area contributed by atoms with Crippen LogP contribution in [0.3, 0.4) is 0 Å². The van der Waals surface area contributed by atoms with Gasteiger partial charge in [-0.2, -0.15) is 0 Å². The fraction of sp³-hybridized carbons (Fsp3) is 0.450. The van der Waals surface area contributed by atoms with Crippen molar-refractivity contribution < 1.29 is 9.18 Å². The van der Waals surface area contributed by atoms with Crippen LogP contribution in [0.4, 0.5) is 10.2 Å². The van der Waals surface area contributed by atoms with E-state index in [9.17, 15) is 9.18 Å². The lowest BCUT2D eigenvalue weighted by Gasteiger charge is -2.18. The highest BCUT2D eigenvalue weighted by atomic mass is 19.1. The largest absolute Gasteiger partial charge is 0.365 e. The maximum atomic E-state index is 13.0. The number of likely N-dealkylation sites (tertiary alicyclic amines) is 1. The van der Waals surface area contributed by atoms with E-state index < -0.39 is 0 Å². The Hall–Kier alpha value is -2.50. The first kappa shape index (κ1) is 18.3. The molecule has 1 N–H and O–H groups in total. The second-order valence-corrected chi connectivity index (χ2v) is 6.80. The van der Waals surface area contributed by atoms with Crippen LogP contribution in [0.15, 0.2) is 30.5 Å². The molecule has 0 aliphatic carbocycles. The second-order valence-electron chi connectivity index (χ2n) is 6.80. The Kier molecular flexibility index (Phi) is 5.81. The molecule has 0 radical (unpaired) electrons. The molecule has 1 amide bonds. The molecule has 0 bridgehead atoms. The number of benzene rings is 1. The standard InChI is InChI=1S/C20H25FN4O/c1-3-4-16-12-22-14(2)23-20(16)24-18-11-19(26)25(13-18)10-9-15-5-7-17(21)8-6-15/h5-8,12,18H,3-4,9-11,13H2,1-2H3,(H,22,23,24). The van der Waals surface area contributed by atoms with Crippen LogP contribution >= 0.6 is 0 Å². The lowest BCUT2D eigenvalue weighted by molar-refractivity contribution is -0.127.